The Labute approximate surface area is 162 Å². The number of methoxy groups -OCH3 is 1. The number of esters is 1. The lowest BCUT2D eigenvalue weighted by Gasteiger charge is -2.22. The molecule has 148 valence electrons. The molecule has 0 spiro atoms. The Morgan fingerprint density at radius 1 is 1.11 bits per heavy atom. The standard InChI is InChI=1S/C20H22N2O6/c1-15-17(9-6-10-18(15)22(25)26)20(24)28-14-19(23)21(11-12-27-2)13-16-7-4-3-5-8-16/h3-10H,11-14H2,1-2H3. The molecule has 8 heteroatoms. The Bertz CT molecular complexity index is 838. The van der Waals surface area contributed by atoms with Crippen molar-refractivity contribution in [3.63, 3.8) is 0 Å². The predicted octanol–water partition coefficient (Wildman–Crippen LogP) is 2.74. The molecule has 0 N–H and O–H groups in total. The van der Waals surface area contributed by atoms with Gasteiger partial charge in [0.05, 0.1) is 17.1 Å². The van der Waals surface area contributed by atoms with Crippen LogP contribution in [-0.2, 0) is 20.8 Å². The van der Waals surface area contributed by atoms with E-state index in [2.05, 4.69) is 0 Å². The van der Waals surface area contributed by atoms with Gasteiger partial charge in [0.15, 0.2) is 6.61 Å². The zero-order valence-corrected chi connectivity index (χ0v) is 15.8. The van der Waals surface area contributed by atoms with Gasteiger partial charge in [-0.3, -0.25) is 14.9 Å². The van der Waals surface area contributed by atoms with Crippen LogP contribution in [0.3, 0.4) is 0 Å². The molecule has 0 unspecified atom stereocenters. The van der Waals surface area contributed by atoms with Crippen LogP contribution in [-0.4, -0.2) is 48.6 Å². The van der Waals surface area contributed by atoms with Gasteiger partial charge >= 0.3 is 5.97 Å². The summed E-state index contributed by atoms with van der Waals surface area (Å²) in [5, 5.41) is 11.0. The van der Waals surface area contributed by atoms with Crippen molar-refractivity contribution in [2.75, 3.05) is 26.9 Å². The lowest BCUT2D eigenvalue weighted by atomic mass is 10.1. The summed E-state index contributed by atoms with van der Waals surface area (Å²) in [4.78, 5) is 36.8. The van der Waals surface area contributed by atoms with Crippen molar-refractivity contribution < 1.29 is 24.0 Å². The third-order valence-electron chi connectivity index (χ3n) is 4.18. The van der Waals surface area contributed by atoms with E-state index >= 15 is 0 Å². The lowest BCUT2D eigenvalue weighted by molar-refractivity contribution is -0.385. The minimum absolute atomic E-state index is 0.0634. The number of carbonyl (C=O) groups excluding carboxylic acids is 2. The molecule has 0 saturated heterocycles. The monoisotopic (exact) mass is 386 g/mol. The van der Waals surface area contributed by atoms with E-state index in [1.165, 1.54) is 37.1 Å². The smallest absolute Gasteiger partial charge is 0.339 e. The number of carbonyl (C=O) groups is 2. The number of nitro groups is 1. The molecule has 0 aliphatic carbocycles. The van der Waals surface area contributed by atoms with Gasteiger partial charge in [0.1, 0.15) is 0 Å². The van der Waals surface area contributed by atoms with Gasteiger partial charge in [-0.2, -0.15) is 0 Å². The first-order valence-electron chi connectivity index (χ1n) is 8.65. The quantitative estimate of drug-likeness (QED) is 0.373. The summed E-state index contributed by atoms with van der Waals surface area (Å²) < 4.78 is 10.2. The second-order valence-electron chi connectivity index (χ2n) is 6.08. The van der Waals surface area contributed by atoms with Gasteiger partial charge in [-0.1, -0.05) is 36.4 Å². The minimum Gasteiger partial charge on any atom is -0.452 e. The Kier molecular flexibility index (Phi) is 7.65. The van der Waals surface area contributed by atoms with Gasteiger partial charge in [-0.25, -0.2) is 4.79 Å². The summed E-state index contributed by atoms with van der Waals surface area (Å²) in [6.45, 7) is 2.05. The maximum absolute atomic E-state index is 12.5. The van der Waals surface area contributed by atoms with Crippen LogP contribution in [0.25, 0.3) is 0 Å². The summed E-state index contributed by atoms with van der Waals surface area (Å²) >= 11 is 0. The minimum atomic E-state index is -0.777. The lowest BCUT2D eigenvalue weighted by Crippen LogP contribution is -2.36. The predicted molar refractivity (Wildman–Crippen MR) is 102 cm³/mol. The molecule has 2 rings (SSSR count). The zero-order valence-electron chi connectivity index (χ0n) is 15.8. The van der Waals surface area contributed by atoms with Crippen molar-refractivity contribution in [3.05, 3.63) is 75.3 Å². The average molecular weight is 386 g/mol. The van der Waals surface area contributed by atoms with Crippen molar-refractivity contribution in [2.45, 2.75) is 13.5 Å². The largest absolute Gasteiger partial charge is 0.452 e. The molecule has 2 aromatic carbocycles. The SMILES string of the molecule is COCCN(Cc1ccccc1)C(=O)COC(=O)c1cccc([N+](=O)[O-])c1C. The van der Waals surface area contributed by atoms with E-state index in [-0.39, 0.29) is 22.7 Å². The molecule has 0 heterocycles. The highest BCUT2D eigenvalue weighted by Gasteiger charge is 2.21. The van der Waals surface area contributed by atoms with Crippen molar-refractivity contribution in [3.8, 4) is 0 Å². The Balaban J connectivity index is 2.04. The highest BCUT2D eigenvalue weighted by molar-refractivity contribution is 5.93. The zero-order chi connectivity index (χ0) is 20.5. The molecule has 0 atom stereocenters. The number of nitrogens with zero attached hydrogens (tertiary/aromatic N) is 2. The van der Waals surface area contributed by atoms with E-state index in [4.69, 9.17) is 9.47 Å². The fourth-order valence-corrected chi connectivity index (χ4v) is 2.64. The fourth-order valence-electron chi connectivity index (χ4n) is 2.64. The molecular weight excluding hydrogens is 364 g/mol. The van der Waals surface area contributed by atoms with Gasteiger partial charge in [-0.05, 0) is 18.6 Å². The van der Waals surface area contributed by atoms with Crippen LogP contribution in [0.2, 0.25) is 0 Å². The van der Waals surface area contributed by atoms with Gasteiger partial charge < -0.3 is 14.4 Å². The molecular formula is C20H22N2O6. The van der Waals surface area contributed by atoms with E-state index in [1.807, 2.05) is 30.3 Å². The summed E-state index contributed by atoms with van der Waals surface area (Å²) in [6.07, 6.45) is 0. The molecule has 0 fully saturated rings. The van der Waals surface area contributed by atoms with E-state index in [0.717, 1.165) is 5.56 Å². The van der Waals surface area contributed by atoms with Gasteiger partial charge in [0, 0.05) is 31.8 Å². The molecule has 8 nitrogen and oxygen atoms in total. The second-order valence-corrected chi connectivity index (χ2v) is 6.08. The van der Waals surface area contributed by atoms with E-state index in [9.17, 15) is 19.7 Å². The van der Waals surface area contributed by atoms with Crippen molar-refractivity contribution in [1.29, 1.82) is 0 Å². The van der Waals surface area contributed by atoms with Crippen LogP contribution >= 0.6 is 0 Å². The molecule has 1 amide bonds. The third kappa shape index (κ3) is 5.62. The first kappa shape index (κ1) is 21.0. The Morgan fingerprint density at radius 2 is 1.82 bits per heavy atom. The molecule has 0 aromatic heterocycles. The number of ether oxygens (including phenoxy) is 2. The summed E-state index contributed by atoms with van der Waals surface area (Å²) in [6, 6.07) is 13.6. The Hall–Kier alpha value is -3.26. The first-order chi connectivity index (χ1) is 13.4. The average Bonchev–Trinajstić information content (AvgIpc) is 2.69. The van der Waals surface area contributed by atoms with Crippen molar-refractivity contribution in [1.82, 2.24) is 4.90 Å². The summed E-state index contributed by atoms with van der Waals surface area (Å²) in [5.74, 6) is -1.15. The maximum atomic E-state index is 12.5. The van der Waals surface area contributed by atoms with E-state index in [1.54, 1.807) is 0 Å². The molecule has 0 saturated carbocycles. The molecule has 0 bridgehead atoms. The number of nitro benzene ring substituents is 1. The molecule has 0 radical (unpaired) electrons. The molecule has 0 aliphatic heterocycles. The number of hydrogen-bond acceptors (Lipinski definition) is 6. The Morgan fingerprint density at radius 3 is 2.46 bits per heavy atom. The second kappa shape index (κ2) is 10.2. The topological polar surface area (TPSA) is 99.0 Å². The van der Waals surface area contributed by atoms with Gasteiger partial charge in [-0.15, -0.1) is 0 Å². The van der Waals surface area contributed by atoms with Crippen LogP contribution in [0, 0.1) is 17.0 Å². The van der Waals surface area contributed by atoms with Gasteiger partial charge in [0.2, 0.25) is 0 Å². The first-order valence-corrected chi connectivity index (χ1v) is 8.65. The van der Waals surface area contributed by atoms with E-state index in [0.29, 0.717) is 19.7 Å². The van der Waals surface area contributed by atoms with Crippen LogP contribution < -0.4 is 0 Å². The van der Waals surface area contributed by atoms with Gasteiger partial charge in [0.25, 0.3) is 11.6 Å². The number of benzene rings is 2. The molecule has 28 heavy (non-hydrogen) atoms. The number of amides is 1. The number of hydrogen-bond donors (Lipinski definition) is 0. The molecule has 2 aromatic rings. The highest BCUT2D eigenvalue weighted by atomic mass is 16.6. The van der Waals surface area contributed by atoms with Crippen molar-refractivity contribution in [2.24, 2.45) is 0 Å². The summed E-state index contributed by atoms with van der Waals surface area (Å²) in [5.41, 5.74) is 1.03. The van der Waals surface area contributed by atoms with Crippen molar-refractivity contribution >= 4 is 17.6 Å². The fraction of sp³-hybridized carbons (Fsp3) is 0.300. The van der Waals surface area contributed by atoms with E-state index < -0.39 is 17.5 Å². The highest BCUT2D eigenvalue weighted by Crippen LogP contribution is 2.21. The normalized spacial score (nSPS) is 10.4. The van der Waals surface area contributed by atoms with Crippen LogP contribution in [0.15, 0.2) is 48.5 Å². The molecule has 0 aliphatic rings. The van der Waals surface area contributed by atoms with Crippen LogP contribution in [0.5, 0.6) is 0 Å². The maximum Gasteiger partial charge on any atom is 0.339 e. The number of rotatable bonds is 9. The summed E-state index contributed by atoms with van der Waals surface area (Å²) in [7, 11) is 1.54. The van der Waals surface area contributed by atoms with Crippen LogP contribution in [0.1, 0.15) is 21.5 Å². The third-order valence-corrected chi connectivity index (χ3v) is 4.18. The van der Waals surface area contributed by atoms with Crippen LogP contribution in [0.4, 0.5) is 5.69 Å².